The van der Waals surface area contributed by atoms with Gasteiger partial charge in [-0.05, 0) is 30.0 Å². The van der Waals surface area contributed by atoms with Crippen molar-refractivity contribution in [3.8, 4) is 0 Å². The van der Waals surface area contributed by atoms with Crippen LogP contribution in [0.3, 0.4) is 0 Å². The molecule has 1 aromatic carbocycles. The lowest BCUT2D eigenvalue weighted by Gasteiger charge is -2.40. The molecule has 0 bridgehead atoms. The third-order valence-corrected chi connectivity index (χ3v) is 4.79. The second kappa shape index (κ2) is 5.87. The molecule has 0 aliphatic carbocycles. The normalized spacial score (nSPS) is 13.4. The van der Waals surface area contributed by atoms with Crippen molar-refractivity contribution in [1.82, 2.24) is 4.31 Å². The summed E-state index contributed by atoms with van der Waals surface area (Å²) < 4.78 is 22.0. The molecule has 0 aromatic heterocycles. The van der Waals surface area contributed by atoms with Crippen LogP contribution in [-0.2, 0) is 0 Å². The van der Waals surface area contributed by atoms with Gasteiger partial charge in [0.1, 0.15) is 0 Å². The molecule has 0 radical (unpaired) electrons. The first kappa shape index (κ1) is 14.5. The van der Waals surface area contributed by atoms with Gasteiger partial charge in [0.25, 0.3) is 0 Å². The fourth-order valence-corrected chi connectivity index (χ4v) is 2.96. The zero-order chi connectivity index (χ0) is 13.1. The van der Waals surface area contributed by atoms with E-state index in [4.69, 9.17) is 0 Å². The van der Waals surface area contributed by atoms with Crippen molar-refractivity contribution in [2.75, 3.05) is 13.6 Å². The Bertz CT molecular complexity index is 349. The molecule has 0 atom stereocenters. The van der Waals surface area contributed by atoms with E-state index in [0.717, 1.165) is 6.42 Å². The van der Waals surface area contributed by atoms with Crippen LogP contribution in [0.15, 0.2) is 29.2 Å². The molecule has 0 saturated carbocycles. The van der Waals surface area contributed by atoms with Gasteiger partial charge in [0.2, 0.25) is 0 Å². The molecule has 4 heteroatoms. The van der Waals surface area contributed by atoms with Gasteiger partial charge in [-0.2, -0.15) is 0 Å². The summed E-state index contributed by atoms with van der Waals surface area (Å²) in [6, 6.07) is 7.57. The monoisotopic (exact) mass is 257 g/mol. The minimum Gasteiger partial charge on any atom is -0.281 e. The van der Waals surface area contributed by atoms with Crippen LogP contribution in [0.25, 0.3) is 0 Å². The lowest BCUT2D eigenvalue weighted by Crippen LogP contribution is -2.24. The Balaban J connectivity index is 2.91. The first-order chi connectivity index (χ1) is 7.89. The van der Waals surface area contributed by atoms with E-state index in [0.29, 0.717) is 17.4 Å². The average molecular weight is 257 g/mol. The van der Waals surface area contributed by atoms with Crippen LogP contribution in [0.2, 0.25) is 0 Å². The Morgan fingerprint density at radius 1 is 1.18 bits per heavy atom. The number of hydrogen-bond donors (Lipinski definition) is 2. The predicted molar refractivity (Wildman–Crippen MR) is 74.6 cm³/mol. The van der Waals surface area contributed by atoms with Gasteiger partial charge in [-0.3, -0.25) is 9.11 Å². The van der Waals surface area contributed by atoms with E-state index >= 15 is 0 Å². The molecule has 0 aliphatic rings. The zero-order valence-corrected chi connectivity index (χ0v) is 11.9. The summed E-state index contributed by atoms with van der Waals surface area (Å²) in [4.78, 5) is 0.595. The highest BCUT2D eigenvalue weighted by molar-refractivity contribution is 8.22. The van der Waals surface area contributed by atoms with E-state index in [2.05, 4.69) is 13.8 Å². The molecule has 0 heterocycles. The Labute approximate surface area is 106 Å². The van der Waals surface area contributed by atoms with Crippen LogP contribution in [0.5, 0.6) is 0 Å². The smallest absolute Gasteiger partial charge is 0.0752 e. The maximum atomic E-state index is 10.2. The summed E-state index contributed by atoms with van der Waals surface area (Å²) in [5, 5.41) is 0. The third kappa shape index (κ3) is 3.45. The average Bonchev–Trinajstić information content (AvgIpc) is 2.29. The standard InChI is InChI=1S/C13H23NO2S/c1-5-10-14(4)17(15,16)13-8-6-12(7-9-13)11(2)3/h6-9,11,15-16H,5,10H2,1-4H3. The fourth-order valence-electron chi connectivity index (χ4n) is 1.66. The lowest BCUT2D eigenvalue weighted by atomic mass is 10.0. The molecular formula is C13H23NO2S. The van der Waals surface area contributed by atoms with Gasteiger partial charge >= 0.3 is 0 Å². The highest BCUT2D eigenvalue weighted by Gasteiger charge is 2.20. The van der Waals surface area contributed by atoms with Gasteiger partial charge in [0, 0.05) is 13.6 Å². The van der Waals surface area contributed by atoms with Crippen molar-refractivity contribution in [2.45, 2.75) is 38.0 Å². The highest BCUT2D eigenvalue weighted by Crippen LogP contribution is 2.50. The predicted octanol–water partition coefficient (Wildman–Crippen LogP) is 4.18. The summed E-state index contributed by atoms with van der Waals surface area (Å²) in [6.07, 6.45) is 0.899. The third-order valence-electron chi connectivity index (χ3n) is 2.84. The molecule has 0 aliphatic heterocycles. The molecule has 2 N–H and O–H groups in total. The van der Waals surface area contributed by atoms with Gasteiger partial charge in [-0.25, -0.2) is 4.31 Å². The SMILES string of the molecule is CCCN(C)S(O)(O)c1ccc(C(C)C)cc1. The van der Waals surface area contributed by atoms with Crippen LogP contribution < -0.4 is 0 Å². The van der Waals surface area contributed by atoms with Gasteiger partial charge in [0.05, 0.1) is 4.90 Å². The summed E-state index contributed by atoms with van der Waals surface area (Å²) >= 11 is 0. The van der Waals surface area contributed by atoms with E-state index in [1.54, 1.807) is 11.4 Å². The Morgan fingerprint density at radius 3 is 2.12 bits per heavy atom. The quantitative estimate of drug-likeness (QED) is 0.831. The van der Waals surface area contributed by atoms with Crippen molar-refractivity contribution in [3.63, 3.8) is 0 Å². The molecule has 1 rings (SSSR count). The van der Waals surface area contributed by atoms with E-state index < -0.39 is 10.8 Å². The largest absolute Gasteiger partial charge is 0.281 e. The minimum absolute atomic E-state index is 0.458. The molecule has 98 valence electrons. The van der Waals surface area contributed by atoms with Crippen LogP contribution in [0.1, 0.15) is 38.7 Å². The molecule has 17 heavy (non-hydrogen) atoms. The minimum atomic E-state index is -2.81. The van der Waals surface area contributed by atoms with Crippen LogP contribution >= 0.6 is 10.8 Å². The molecule has 0 amide bonds. The van der Waals surface area contributed by atoms with E-state index in [1.165, 1.54) is 5.56 Å². The Hall–Kier alpha value is -0.550. The second-order valence-electron chi connectivity index (χ2n) is 4.59. The molecule has 3 nitrogen and oxygen atoms in total. The fraction of sp³-hybridized carbons (Fsp3) is 0.538. The molecule has 0 spiro atoms. The summed E-state index contributed by atoms with van der Waals surface area (Å²) in [5.41, 5.74) is 1.21. The van der Waals surface area contributed by atoms with Gasteiger partial charge < -0.3 is 0 Å². The number of hydrogen-bond acceptors (Lipinski definition) is 3. The van der Waals surface area contributed by atoms with Gasteiger partial charge in [-0.15, -0.1) is 10.8 Å². The highest BCUT2D eigenvalue weighted by atomic mass is 32.3. The Morgan fingerprint density at radius 2 is 1.71 bits per heavy atom. The van der Waals surface area contributed by atoms with Crippen molar-refractivity contribution in [1.29, 1.82) is 0 Å². The molecule has 1 aromatic rings. The van der Waals surface area contributed by atoms with Crippen molar-refractivity contribution in [3.05, 3.63) is 29.8 Å². The molecule has 0 fully saturated rings. The van der Waals surface area contributed by atoms with E-state index in [1.807, 2.05) is 31.2 Å². The maximum Gasteiger partial charge on any atom is 0.0752 e. The van der Waals surface area contributed by atoms with E-state index in [9.17, 15) is 9.11 Å². The summed E-state index contributed by atoms with van der Waals surface area (Å²) in [6.45, 7) is 6.94. The van der Waals surface area contributed by atoms with Gasteiger partial charge in [-0.1, -0.05) is 32.9 Å². The topological polar surface area (TPSA) is 43.7 Å². The number of benzene rings is 1. The first-order valence-corrected chi connectivity index (χ1v) is 7.49. The maximum absolute atomic E-state index is 10.2. The van der Waals surface area contributed by atoms with Gasteiger partial charge in [0.15, 0.2) is 0 Å². The summed E-state index contributed by atoms with van der Waals surface area (Å²) in [5.74, 6) is 0.458. The van der Waals surface area contributed by atoms with E-state index in [-0.39, 0.29) is 0 Å². The number of rotatable bonds is 5. The van der Waals surface area contributed by atoms with Crippen LogP contribution in [-0.4, -0.2) is 27.0 Å². The van der Waals surface area contributed by atoms with Crippen molar-refractivity contribution >= 4 is 10.8 Å². The lowest BCUT2D eigenvalue weighted by molar-refractivity contribution is 0.383. The first-order valence-electron chi connectivity index (χ1n) is 5.99. The van der Waals surface area contributed by atoms with Crippen LogP contribution in [0.4, 0.5) is 0 Å². The molecule has 0 unspecified atom stereocenters. The molecule has 0 saturated heterocycles. The van der Waals surface area contributed by atoms with Crippen molar-refractivity contribution < 1.29 is 9.11 Å². The Kier molecular flexibility index (Phi) is 5.01. The zero-order valence-electron chi connectivity index (χ0n) is 11.1. The second-order valence-corrected chi connectivity index (χ2v) is 6.73. The molecular weight excluding hydrogens is 234 g/mol. The summed E-state index contributed by atoms with van der Waals surface area (Å²) in [7, 11) is -1.07. The van der Waals surface area contributed by atoms with Crippen molar-refractivity contribution in [2.24, 2.45) is 0 Å². The number of nitrogens with zero attached hydrogens (tertiary/aromatic N) is 1. The van der Waals surface area contributed by atoms with Crippen LogP contribution in [0, 0.1) is 0 Å².